The molecule has 0 spiro atoms. The summed E-state index contributed by atoms with van der Waals surface area (Å²) in [7, 11) is 1.56. The van der Waals surface area contributed by atoms with Crippen LogP contribution >= 0.6 is 0 Å². The molecule has 0 aromatic carbocycles. The number of nitrogens with zero attached hydrogens (tertiary/aromatic N) is 1. The molecule has 1 aliphatic heterocycles. The third-order valence-corrected chi connectivity index (χ3v) is 4.86. The summed E-state index contributed by atoms with van der Waals surface area (Å²) < 4.78 is 18.3. The van der Waals surface area contributed by atoms with Gasteiger partial charge in [-0.3, -0.25) is 14.3 Å². The van der Waals surface area contributed by atoms with Crippen LogP contribution in [-0.4, -0.2) is 64.5 Å². The molecule has 28 heavy (non-hydrogen) atoms. The van der Waals surface area contributed by atoms with Gasteiger partial charge in [0.15, 0.2) is 6.23 Å². The monoisotopic (exact) mass is 399 g/mol. The molecule has 5 atom stereocenters. The van der Waals surface area contributed by atoms with Gasteiger partial charge in [-0.25, -0.2) is 4.79 Å². The lowest BCUT2D eigenvalue weighted by molar-refractivity contribution is -0.119. The van der Waals surface area contributed by atoms with Gasteiger partial charge in [-0.05, 0) is 6.42 Å². The van der Waals surface area contributed by atoms with Crippen LogP contribution in [0.4, 0.5) is 0 Å². The van der Waals surface area contributed by atoms with E-state index in [1.807, 2.05) is 13.8 Å². The molecule has 0 radical (unpaired) electrons. The normalized spacial score (nSPS) is 25.8. The summed E-state index contributed by atoms with van der Waals surface area (Å²) >= 11 is 0. The molecule has 2 heterocycles. The summed E-state index contributed by atoms with van der Waals surface area (Å²) in [6, 6.07) is 0. The molecule has 1 aromatic heterocycles. The van der Waals surface area contributed by atoms with Gasteiger partial charge >= 0.3 is 5.69 Å². The number of hydrogen-bond donors (Lipinski definition) is 3. The number of hydrogen-bond acceptors (Lipinski definition) is 7. The number of aryl methyl sites for hydroxylation is 1. The Hall–Kier alpha value is -1.65. The van der Waals surface area contributed by atoms with Crippen molar-refractivity contribution in [2.45, 2.75) is 70.7 Å². The summed E-state index contributed by atoms with van der Waals surface area (Å²) in [6.07, 6.45) is -0.891. The van der Waals surface area contributed by atoms with Crippen molar-refractivity contribution in [2.75, 3.05) is 20.3 Å². The first kappa shape index (κ1) is 22.6. The lowest BCUT2D eigenvalue weighted by Gasteiger charge is -2.27. The maximum absolute atomic E-state index is 12.4. The van der Waals surface area contributed by atoms with E-state index < -0.39 is 42.4 Å². The molecule has 2 rings (SSSR count). The smallest absolute Gasteiger partial charge is 0.330 e. The van der Waals surface area contributed by atoms with Crippen molar-refractivity contribution < 1.29 is 24.4 Å². The van der Waals surface area contributed by atoms with E-state index in [9.17, 15) is 19.8 Å². The standard InChI is InChI=1S/C19H30N2O7/c1-5-12-8-21(19(25)20-17(12)24)18-16(15(23)14(9-22)28-18)27-13(10-26-4)7-6-11(2)3/h8,13-16,18,22-23H,5-7,9-10H2,1-4H3/p+1. The summed E-state index contributed by atoms with van der Waals surface area (Å²) in [5.74, 6) is 1.24. The number of rotatable bonds is 10. The van der Waals surface area contributed by atoms with Gasteiger partial charge in [-0.2, -0.15) is 0 Å². The second kappa shape index (κ2) is 10.2. The van der Waals surface area contributed by atoms with E-state index in [-0.39, 0.29) is 6.10 Å². The summed E-state index contributed by atoms with van der Waals surface area (Å²) in [6.45, 7) is 5.73. The average Bonchev–Trinajstić information content (AvgIpc) is 2.95. The first-order valence-electron chi connectivity index (χ1n) is 9.54. The third kappa shape index (κ3) is 5.24. The Morgan fingerprint density at radius 1 is 1.39 bits per heavy atom. The van der Waals surface area contributed by atoms with Crippen molar-refractivity contribution in [3.05, 3.63) is 38.5 Å². The van der Waals surface area contributed by atoms with Crippen LogP contribution in [0.2, 0.25) is 0 Å². The van der Waals surface area contributed by atoms with Crippen LogP contribution in [0.1, 0.15) is 45.4 Å². The first-order valence-corrected chi connectivity index (χ1v) is 9.54. The van der Waals surface area contributed by atoms with E-state index in [1.54, 1.807) is 14.0 Å². The van der Waals surface area contributed by atoms with Crippen LogP contribution in [-0.2, 0) is 20.6 Å². The highest BCUT2D eigenvalue weighted by Crippen LogP contribution is 2.32. The van der Waals surface area contributed by atoms with E-state index in [1.165, 1.54) is 16.7 Å². The second-order valence-electron chi connectivity index (χ2n) is 7.34. The lowest BCUT2D eigenvalue weighted by Crippen LogP contribution is -2.42. The molecular weight excluding hydrogens is 368 g/mol. The Labute approximate surface area is 164 Å². The first-order chi connectivity index (χ1) is 13.3. The van der Waals surface area contributed by atoms with Crippen molar-refractivity contribution in [3.8, 4) is 0 Å². The molecule has 1 saturated heterocycles. The lowest BCUT2D eigenvalue weighted by atomic mass is 10.0. The summed E-state index contributed by atoms with van der Waals surface area (Å²) in [4.78, 5) is 26.5. The molecule has 158 valence electrons. The number of aliphatic hydroxyl groups is 2. The van der Waals surface area contributed by atoms with Gasteiger partial charge in [0.2, 0.25) is 0 Å². The minimum atomic E-state index is -1.13. The largest absolute Gasteiger partial charge is 0.394 e. The van der Waals surface area contributed by atoms with E-state index >= 15 is 0 Å². The highest BCUT2D eigenvalue weighted by molar-refractivity contribution is 5.06. The van der Waals surface area contributed by atoms with Gasteiger partial charge < -0.3 is 24.4 Å². The molecule has 9 heteroatoms. The van der Waals surface area contributed by atoms with Gasteiger partial charge in [0.1, 0.15) is 18.3 Å². The topological polar surface area (TPSA) is 123 Å². The minimum Gasteiger partial charge on any atom is -0.394 e. The Bertz CT molecular complexity index is 730. The predicted octanol–water partition coefficient (Wildman–Crippen LogP) is 0.144. The van der Waals surface area contributed by atoms with Gasteiger partial charge in [-0.15, -0.1) is 0 Å². The van der Waals surface area contributed by atoms with Crippen molar-refractivity contribution in [2.24, 2.45) is 0 Å². The molecule has 0 bridgehead atoms. The number of aliphatic hydroxyl groups excluding tert-OH is 2. The fourth-order valence-electron chi connectivity index (χ4n) is 3.26. The average molecular weight is 399 g/mol. The van der Waals surface area contributed by atoms with Crippen molar-refractivity contribution in [3.63, 3.8) is 0 Å². The predicted molar refractivity (Wildman–Crippen MR) is 102 cm³/mol. The van der Waals surface area contributed by atoms with Gasteiger partial charge in [0.05, 0.1) is 45.5 Å². The second-order valence-corrected chi connectivity index (χ2v) is 7.34. The number of aromatic amines is 1. The van der Waals surface area contributed by atoms with Gasteiger partial charge in [0, 0.05) is 25.3 Å². The van der Waals surface area contributed by atoms with E-state index in [0.29, 0.717) is 25.0 Å². The van der Waals surface area contributed by atoms with E-state index in [4.69, 9.17) is 14.2 Å². The molecule has 3 N–H and O–H groups in total. The zero-order valence-electron chi connectivity index (χ0n) is 16.9. The Morgan fingerprint density at radius 2 is 2.11 bits per heavy atom. The van der Waals surface area contributed by atoms with Crippen molar-refractivity contribution in [1.82, 2.24) is 9.55 Å². The molecular formula is C19H31N2O7+. The molecule has 0 amide bonds. The SMILES string of the molecule is CCc1cn(C2OC(CO)C(O)C2OC(CC[C+](C)C)COC)c(=O)[nH]c1=O. The van der Waals surface area contributed by atoms with Crippen LogP contribution in [0.5, 0.6) is 0 Å². The number of ether oxygens (including phenoxy) is 3. The van der Waals surface area contributed by atoms with E-state index in [2.05, 4.69) is 4.98 Å². The van der Waals surface area contributed by atoms with E-state index in [0.717, 1.165) is 6.42 Å². The number of nitrogens with one attached hydrogen (secondary N) is 1. The van der Waals surface area contributed by atoms with Gasteiger partial charge in [0.25, 0.3) is 5.56 Å². The maximum atomic E-state index is 12.4. The Morgan fingerprint density at radius 3 is 2.68 bits per heavy atom. The molecule has 0 saturated carbocycles. The van der Waals surface area contributed by atoms with Crippen molar-refractivity contribution >= 4 is 0 Å². The molecule has 0 aliphatic carbocycles. The van der Waals surface area contributed by atoms with Crippen LogP contribution in [0.15, 0.2) is 15.8 Å². The zero-order valence-corrected chi connectivity index (χ0v) is 16.9. The quantitative estimate of drug-likeness (QED) is 0.478. The fraction of sp³-hybridized carbons (Fsp3) is 0.737. The number of methoxy groups -OCH3 is 1. The van der Waals surface area contributed by atoms with Crippen LogP contribution in [0.3, 0.4) is 0 Å². The maximum Gasteiger partial charge on any atom is 0.330 e. The van der Waals surface area contributed by atoms with Crippen LogP contribution in [0.25, 0.3) is 0 Å². The molecule has 1 aliphatic rings. The Balaban J connectivity index is 2.33. The molecule has 1 aromatic rings. The highest BCUT2D eigenvalue weighted by Gasteiger charge is 2.46. The number of H-pyrrole nitrogens is 1. The molecule has 1 fully saturated rings. The molecule has 5 unspecified atom stereocenters. The third-order valence-electron chi connectivity index (χ3n) is 4.86. The van der Waals surface area contributed by atoms with Gasteiger partial charge in [-0.1, -0.05) is 6.92 Å². The molecule has 9 nitrogen and oxygen atoms in total. The highest BCUT2D eigenvalue weighted by atomic mass is 16.6. The summed E-state index contributed by atoms with van der Waals surface area (Å²) in [5.41, 5.74) is -0.703. The fourth-order valence-corrected chi connectivity index (χ4v) is 3.26. The number of aromatic nitrogens is 2. The Kier molecular flexibility index (Phi) is 8.26. The zero-order chi connectivity index (χ0) is 20.8. The minimum absolute atomic E-state index is 0.313. The van der Waals surface area contributed by atoms with Crippen LogP contribution in [0, 0.1) is 5.92 Å². The summed E-state index contributed by atoms with van der Waals surface area (Å²) in [5, 5.41) is 20.1. The van der Waals surface area contributed by atoms with Crippen LogP contribution < -0.4 is 11.2 Å². The van der Waals surface area contributed by atoms with Crippen molar-refractivity contribution in [1.29, 1.82) is 0 Å².